The van der Waals surface area contributed by atoms with Crippen LogP contribution in [0.25, 0.3) is 0 Å². The molecule has 1 saturated heterocycles. The molecule has 0 spiro atoms. The first-order chi connectivity index (χ1) is 9.04. The minimum absolute atomic E-state index is 0.00806. The number of carbonyl (C=O) groups excluding carboxylic acids is 2. The largest absolute Gasteiger partial charge is 0.354 e. The number of halogens is 1. The smallest absolute Gasteiger partial charge is 0.251 e. The third-order valence-electron chi connectivity index (χ3n) is 2.89. The number of nitrogens with one attached hydrogen (secondary N) is 2. The van der Waals surface area contributed by atoms with E-state index in [0.29, 0.717) is 19.4 Å². The summed E-state index contributed by atoms with van der Waals surface area (Å²) in [6.07, 6.45) is 2.62. The van der Waals surface area contributed by atoms with Gasteiger partial charge in [-0.2, -0.15) is 0 Å². The summed E-state index contributed by atoms with van der Waals surface area (Å²) < 4.78 is 2.07. The molecule has 1 aliphatic heterocycles. The van der Waals surface area contributed by atoms with E-state index in [4.69, 9.17) is 0 Å². The molecule has 102 valence electrons. The number of aromatic nitrogens is 1. The molecule has 1 atom stereocenters. The minimum Gasteiger partial charge on any atom is -0.354 e. The zero-order chi connectivity index (χ0) is 13.8. The van der Waals surface area contributed by atoms with Gasteiger partial charge < -0.3 is 15.2 Å². The first-order valence-electron chi connectivity index (χ1n) is 5.96. The van der Waals surface area contributed by atoms with Crippen LogP contribution in [0.3, 0.4) is 0 Å². The van der Waals surface area contributed by atoms with Crippen LogP contribution < -0.4 is 16.2 Å². The van der Waals surface area contributed by atoms with Crippen molar-refractivity contribution < 1.29 is 9.59 Å². The van der Waals surface area contributed by atoms with Crippen molar-refractivity contribution in [2.45, 2.75) is 25.4 Å². The Morgan fingerprint density at radius 2 is 2.26 bits per heavy atom. The molecule has 1 aliphatic rings. The lowest BCUT2D eigenvalue weighted by Crippen LogP contribution is -2.48. The van der Waals surface area contributed by atoms with E-state index in [1.807, 2.05) is 0 Å². The Kier molecular flexibility index (Phi) is 4.36. The topological polar surface area (TPSA) is 80.2 Å². The summed E-state index contributed by atoms with van der Waals surface area (Å²) in [5.41, 5.74) is -0.227. The van der Waals surface area contributed by atoms with Crippen molar-refractivity contribution in [2.75, 3.05) is 6.54 Å². The highest BCUT2D eigenvalue weighted by molar-refractivity contribution is 9.10. The quantitative estimate of drug-likeness (QED) is 0.820. The SMILES string of the molecule is O=C1CCC(NC(=O)Cn2cc(Br)ccc2=O)CN1. The lowest BCUT2D eigenvalue weighted by Gasteiger charge is -2.23. The van der Waals surface area contributed by atoms with Crippen molar-refractivity contribution in [2.24, 2.45) is 0 Å². The van der Waals surface area contributed by atoms with E-state index in [1.165, 1.54) is 10.6 Å². The molecular formula is C12H14BrN3O3. The summed E-state index contributed by atoms with van der Waals surface area (Å²) >= 11 is 3.25. The molecule has 2 amide bonds. The van der Waals surface area contributed by atoms with Gasteiger partial charge in [0, 0.05) is 35.7 Å². The average Bonchev–Trinajstić information content (AvgIpc) is 2.37. The predicted molar refractivity (Wildman–Crippen MR) is 72.6 cm³/mol. The van der Waals surface area contributed by atoms with E-state index < -0.39 is 0 Å². The van der Waals surface area contributed by atoms with Crippen LogP contribution in [-0.2, 0) is 16.1 Å². The molecule has 1 aromatic heterocycles. The van der Waals surface area contributed by atoms with E-state index >= 15 is 0 Å². The lowest BCUT2D eigenvalue weighted by molar-refractivity contribution is -0.126. The minimum atomic E-state index is -0.235. The van der Waals surface area contributed by atoms with E-state index in [2.05, 4.69) is 26.6 Å². The highest BCUT2D eigenvalue weighted by Gasteiger charge is 2.19. The van der Waals surface area contributed by atoms with Crippen LogP contribution >= 0.6 is 15.9 Å². The van der Waals surface area contributed by atoms with Crippen LogP contribution in [0.4, 0.5) is 0 Å². The van der Waals surface area contributed by atoms with Crippen molar-refractivity contribution >= 4 is 27.7 Å². The second-order valence-corrected chi connectivity index (χ2v) is 5.34. The molecule has 19 heavy (non-hydrogen) atoms. The number of pyridine rings is 1. The van der Waals surface area contributed by atoms with Gasteiger partial charge in [-0.25, -0.2) is 0 Å². The maximum absolute atomic E-state index is 11.8. The number of piperidine rings is 1. The van der Waals surface area contributed by atoms with Crippen LogP contribution in [0.1, 0.15) is 12.8 Å². The van der Waals surface area contributed by atoms with Gasteiger partial charge in [-0.15, -0.1) is 0 Å². The van der Waals surface area contributed by atoms with Crippen molar-refractivity contribution in [1.29, 1.82) is 0 Å². The first-order valence-corrected chi connectivity index (χ1v) is 6.76. The molecule has 2 heterocycles. The van der Waals surface area contributed by atoms with Gasteiger partial charge in [0.15, 0.2) is 0 Å². The Balaban J connectivity index is 1.92. The molecule has 0 radical (unpaired) electrons. The molecule has 1 fully saturated rings. The van der Waals surface area contributed by atoms with Gasteiger partial charge in [-0.1, -0.05) is 0 Å². The summed E-state index contributed by atoms with van der Waals surface area (Å²) in [7, 11) is 0. The standard InChI is InChI=1S/C12H14BrN3O3/c13-8-1-4-12(19)16(6-8)7-11(18)15-9-2-3-10(17)14-5-9/h1,4,6,9H,2-3,5,7H2,(H,14,17)(H,15,18). The van der Waals surface area contributed by atoms with Crippen molar-refractivity contribution in [1.82, 2.24) is 15.2 Å². The van der Waals surface area contributed by atoms with E-state index in [9.17, 15) is 14.4 Å². The van der Waals surface area contributed by atoms with E-state index in [-0.39, 0.29) is 30.0 Å². The summed E-state index contributed by atoms with van der Waals surface area (Å²) in [6, 6.07) is 2.97. The number of rotatable bonds is 3. The molecule has 1 aromatic rings. The third-order valence-corrected chi connectivity index (χ3v) is 3.36. The second-order valence-electron chi connectivity index (χ2n) is 4.42. The van der Waals surface area contributed by atoms with E-state index in [1.54, 1.807) is 12.3 Å². The number of hydrogen-bond donors (Lipinski definition) is 2. The van der Waals surface area contributed by atoms with Gasteiger partial charge in [0.25, 0.3) is 5.56 Å². The Bertz CT molecular complexity index is 545. The maximum Gasteiger partial charge on any atom is 0.251 e. The highest BCUT2D eigenvalue weighted by atomic mass is 79.9. The van der Waals surface area contributed by atoms with Gasteiger partial charge in [0.05, 0.1) is 0 Å². The molecule has 2 rings (SSSR count). The number of carbonyl (C=O) groups is 2. The fourth-order valence-corrected chi connectivity index (χ4v) is 2.29. The van der Waals surface area contributed by atoms with Crippen molar-refractivity contribution in [3.05, 3.63) is 33.2 Å². The molecular weight excluding hydrogens is 314 g/mol. The van der Waals surface area contributed by atoms with Crippen LogP contribution in [0, 0.1) is 0 Å². The summed E-state index contributed by atoms with van der Waals surface area (Å²) in [5, 5.41) is 5.50. The van der Waals surface area contributed by atoms with Crippen molar-refractivity contribution in [3.8, 4) is 0 Å². The average molecular weight is 328 g/mol. The second kappa shape index (κ2) is 6.01. The molecule has 0 aromatic carbocycles. The monoisotopic (exact) mass is 327 g/mol. The Labute approximate surface area is 118 Å². The van der Waals surface area contributed by atoms with Gasteiger partial charge in [-0.05, 0) is 28.4 Å². The molecule has 1 unspecified atom stereocenters. The molecule has 0 aliphatic carbocycles. The lowest BCUT2D eigenvalue weighted by atomic mass is 10.1. The normalized spacial score (nSPS) is 18.8. The van der Waals surface area contributed by atoms with Gasteiger partial charge in [-0.3, -0.25) is 14.4 Å². The number of amides is 2. The third kappa shape index (κ3) is 3.92. The van der Waals surface area contributed by atoms with Crippen molar-refractivity contribution in [3.63, 3.8) is 0 Å². The number of nitrogens with zero attached hydrogens (tertiary/aromatic N) is 1. The molecule has 6 nitrogen and oxygen atoms in total. The van der Waals surface area contributed by atoms with Crippen LogP contribution in [0.2, 0.25) is 0 Å². The zero-order valence-corrected chi connectivity index (χ0v) is 11.8. The Morgan fingerprint density at radius 1 is 1.47 bits per heavy atom. The van der Waals surface area contributed by atoms with Gasteiger partial charge in [0.1, 0.15) is 6.54 Å². The van der Waals surface area contributed by atoms with E-state index in [0.717, 1.165) is 4.47 Å². The zero-order valence-electron chi connectivity index (χ0n) is 10.2. The highest BCUT2D eigenvalue weighted by Crippen LogP contribution is 2.05. The molecule has 7 heteroatoms. The maximum atomic E-state index is 11.8. The first kappa shape index (κ1) is 13.8. The van der Waals surface area contributed by atoms with Crippen LogP contribution in [0.5, 0.6) is 0 Å². The summed E-state index contributed by atoms with van der Waals surface area (Å²) in [6.45, 7) is 0.417. The Morgan fingerprint density at radius 3 is 2.95 bits per heavy atom. The molecule has 0 bridgehead atoms. The van der Waals surface area contributed by atoms with Gasteiger partial charge in [0.2, 0.25) is 11.8 Å². The summed E-state index contributed by atoms with van der Waals surface area (Å²) in [4.78, 5) is 34.4. The van der Waals surface area contributed by atoms with Crippen LogP contribution in [0.15, 0.2) is 27.6 Å². The van der Waals surface area contributed by atoms with Crippen LogP contribution in [-0.4, -0.2) is 29.0 Å². The fourth-order valence-electron chi connectivity index (χ4n) is 1.91. The number of hydrogen-bond acceptors (Lipinski definition) is 3. The predicted octanol–water partition coefficient (Wildman–Crippen LogP) is 0.00560. The molecule has 0 saturated carbocycles. The summed E-state index contributed by atoms with van der Waals surface area (Å²) in [5.74, 6) is -0.227. The fraction of sp³-hybridized carbons (Fsp3) is 0.417. The van der Waals surface area contributed by atoms with Gasteiger partial charge >= 0.3 is 0 Å². The Hall–Kier alpha value is -1.63. The molecule has 2 N–H and O–H groups in total.